The lowest BCUT2D eigenvalue weighted by Gasteiger charge is -2.12. The van der Waals surface area contributed by atoms with Gasteiger partial charge in [0.2, 0.25) is 5.95 Å². The number of aromatic nitrogens is 2. The van der Waals surface area contributed by atoms with Gasteiger partial charge >= 0.3 is 0 Å². The van der Waals surface area contributed by atoms with Crippen LogP contribution in [0.3, 0.4) is 0 Å². The van der Waals surface area contributed by atoms with Crippen LogP contribution in [0.25, 0.3) is 0 Å². The predicted octanol–water partition coefficient (Wildman–Crippen LogP) is 2.13. The van der Waals surface area contributed by atoms with Gasteiger partial charge in [0.15, 0.2) is 9.84 Å². The first-order valence-corrected chi connectivity index (χ1v) is 8.96. The van der Waals surface area contributed by atoms with Gasteiger partial charge < -0.3 is 10.6 Å². The molecule has 3 rings (SSSR count). The molecule has 1 aromatic carbocycles. The normalized spacial score (nSPS) is 19.8. The Morgan fingerprint density at radius 3 is 2.64 bits per heavy atom. The quantitative estimate of drug-likeness (QED) is 0.898. The lowest BCUT2D eigenvalue weighted by atomic mass is 10.2. The van der Waals surface area contributed by atoms with Gasteiger partial charge in [-0.15, -0.1) is 0 Å². The average Bonchev–Trinajstić information content (AvgIpc) is 2.81. The summed E-state index contributed by atoms with van der Waals surface area (Å²) in [6, 6.07) is 9.60. The number of nitrogens with one attached hydrogen (secondary N) is 2. The molecule has 2 N–H and O–H groups in total. The molecule has 2 aromatic rings. The minimum Gasteiger partial charge on any atom is -0.366 e. The van der Waals surface area contributed by atoms with Crippen molar-refractivity contribution in [2.45, 2.75) is 19.4 Å². The van der Waals surface area contributed by atoms with Gasteiger partial charge in [-0.1, -0.05) is 17.7 Å². The summed E-state index contributed by atoms with van der Waals surface area (Å²) in [5.74, 6) is 1.52. The van der Waals surface area contributed by atoms with E-state index in [0.717, 1.165) is 5.69 Å². The molecule has 7 heteroatoms. The first kappa shape index (κ1) is 14.8. The first-order valence-electron chi connectivity index (χ1n) is 7.14. The zero-order chi connectivity index (χ0) is 15.6. The zero-order valence-electron chi connectivity index (χ0n) is 12.3. The highest BCUT2D eigenvalue weighted by atomic mass is 32.2. The van der Waals surface area contributed by atoms with Crippen LogP contribution in [0.5, 0.6) is 0 Å². The van der Waals surface area contributed by atoms with Gasteiger partial charge in [0, 0.05) is 17.9 Å². The van der Waals surface area contributed by atoms with Gasteiger partial charge in [0.05, 0.1) is 11.5 Å². The number of benzene rings is 1. The molecule has 6 nitrogen and oxygen atoms in total. The van der Waals surface area contributed by atoms with Crippen LogP contribution in [0, 0.1) is 6.92 Å². The number of aryl methyl sites for hydroxylation is 1. The van der Waals surface area contributed by atoms with E-state index in [1.807, 2.05) is 31.2 Å². The van der Waals surface area contributed by atoms with E-state index >= 15 is 0 Å². The largest absolute Gasteiger partial charge is 0.366 e. The van der Waals surface area contributed by atoms with E-state index in [0.29, 0.717) is 18.2 Å². The molecule has 0 aliphatic carbocycles. The number of sulfone groups is 1. The van der Waals surface area contributed by atoms with Crippen molar-refractivity contribution < 1.29 is 8.42 Å². The SMILES string of the molecule is Cc1ccc(Nc2nccc(NC3CCS(=O)(=O)C3)n2)cc1. The van der Waals surface area contributed by atoms with E-state index in [1.165, 1.54) is 5.56 Å². The Kier molecular flexibility index (Phi) is 3.98. The molecule has 0 saturated carbocycles. The molecule has 22 heavy (non-hydrogen) atoms. The highest BCUT2D eigenvalue weighted by Gasteiger charge is 2.27. The van der Waals surface area contributed by atoms with Crippen LogP contribution in [-0.2, 0) is 9.84 Å². The molecular weight excluding hydrogens is 300 g/mol. The van der Waals surface area contributed by atoms with E-state index in [4.69, 9.17) is 0 Å². The molecule has 1 atom stereocenters. The van der Waals surface area contributed by atoms with Crippen molar-refractivity contribution in [2.24, 2.45) is 0 Å². The second-order valence-electron chi connectivity index (χ2n) is 5.50. The fourth-order valence-electron chi connectivity index (χ4n) is 2.38. The molecule has 0 amide bonds. The summed E-state index contributed by atoms with van der Waals surface area (Å²) in [7, 11) is -2.90. The zero-order valence-corrected chi connectivity index (χ0v) is 13.1. The first-order chi connectivity index (χ1) is 10.5. The van der Waals surface area contributed by atoms with Crippen LogP contribution in [0.1, 0.15) is 12.0 Å². The Labute approximate surface area is 129 Å². The second kappa shape index (κ2) is 5.92. The Balaban J connectivity index is 1.68. The van der Waals surface area contributed by atoms with E-state index in [-0.39, 0.29) is 17.5 Å². The monoisotopic (exact) mass is 318 g/mol. The Bertz CT molecular complexity index is 759. The van der Waals surface area contributed by atoms with Crippen LogP contribution in [0.2, 0.25) is 0 Å². The Morgan fingerprint density at radius 2 is 1.95 bits per heavy atom. The molecule has 0 bridgehead atoms. The number of rotatable bonds is 4. The van der Waals surface area contributed by atoms with Crippen LogP contribution in [0.15, 0.2) is 36.5 Å². The van der Waals surface area contributed by atoms with E-state index < -0.39 is 9.84 Å². The maximum absolute atomic E-state index is 11.5. The van der Waals surface area contributed by atoms with Crippen LogP contribution >= 0.6 is 0 Å². The Morgan fingerprint density at radius 1 is 1.18 bits per heavy atom. The highest BCUT2D eigenvalue weighted by Crippen LogP contribution is 2.18. The van der Waals surface area contributed by atoms with Gasteiger partial charge in [-0.3, -0.25) is 0 Å². The molecule has 1 unspecified atom stereocenters. The van der Waals surface area contributed by atoms with E-state index in [2.05, 4.69) is 20.6 Å². The predicted molar refractivity (Wildman–Crippen MR) is 87.2 cm³/mol. The van der Waals surface area contributed by atoms with Gasteiger partial charge in [-0.2, -0.15) is 4.98 Å². The smallest absolute Gasteiger partial charge is 0.229 e. The van der Waals surface area contributed by atoms with Gasteiger partial charge in [-0.05, 0) is 31.5 Å². The fraction of sp³-hybridized carbons (Fsp3) is 0.333. The lowest BCUT2D eigenvalue weighted by Crippen LogP contribution is -2.21. The number of nitrogens with zero attached hydrogens (tertiary/aromatic N) is 2. The Hall–Kier alpha value is -2.15. The van der Waals surface area contributed by atoms with Crippen molar-refractivity contribution in [1.82, 2.24) is 9.97 Å². The number of hydrogen-bond donors (Lipinski definition) is 2. The van der Waals surface area contributed by atoms with Gasteiger partial charge in [-0.25, -0.2) is 13.4 Å². The third-order valence-electron chi connectivity index (χ3n) is 3.55. The maximum Gasteiger partial charge on any atom is 0.229 e. The van der Waals surface area contributed by atoms with Crippen LogP contribution in [0.4, 0.5) is 17.5 Å². The van der Waals surface area contributed by atoms with Crippen molar-refractivity contribution in [2.75, 3.05) is 22.1 Å². The molecule has 1 aliphatic rings. The molecule has 0 radical (unpaired) electrons. The van der Waals surface area contributed by atoms with Crippen molar-refractivity contribution >= 4 is 27.3 Å². The molecule has 1 fully saturated rings. The van der Waals surface area contributed by atoms with Crippen molar-refractivity contribution in [3.8, 4) is 0 Å². The summed E-state index contributed by atoms with van der Waals surface area (Å²) >= 11 is 0. The summed E-state index contributed by atoms with van der Waals surface area (Å²) in [6.07, 6.45) is 2.27. The number of hydrogen-bond acceptors (Lipinski definition) is 6. The summed E-state index contributed by atoms with van der Waals surface area (Å²) < 4.78 is 23.0. The highest BCUT2D eigenvalue weighted by molar-refractivity contribution is 7.91. The number of anilines is 3. The summed E-state index contributed by atoms with van der Waals surface area (Å²) in [5, 5.41) is 6.29. The maximum atomic E-state index is 11.5. The van der Waals surface area contributed by atoms with Crippen molar-refractivity contribution in [3.05, 3.63) is 42.1 Å². The van der Waals surface area contributed by atoms with Crippen LogP contribution < -0.4 is 10.6 Å². The van der Waals surface area contributed by atoms with E-state index in [9.17, 15) is 8.42 Å². The second-order valence-corrected chi connectivity index (χ2v) is 7.73. The molecule has 2 heterocycles. The van der Waals surface area contributed by atoms with Gasteiger partial charge in [0.25, 0.3) is 0 Å². The molecule has 0 spiro atoms. The van der Waals surface area contributed by atoms with Gasteiger partial charge in [0.1, 0.15) is 5.82 Å². The fourth-order valence-corrected chi connectivity index (χ4v) is 4.06. The molecule has 1 aromatic heterocycles. The molecule has 116 valence electrons. The standard InChI is InChI=1S/C15H18N4O2S/c1-11-2-4-12(5-3-11)18-15-16-8-6-14(19-15)17-13-7-9-22(20,21)10-13/h2-6,8,13H,7,9-10H2,1H3,(H2,16,17,18,19). The topological polar surface area (TPSA) is 84.0 Å². The molecule has 1 aliphatic heterocycles. The minimum atomic E-state index is -2.90. The average molecular weight is 318 g/mol. The minimum absolute atomic E-state index is 0.0767. The van der Waals surface area contributed by atoms with Crippen LogP contribution in [-0.4, -0.2) is 35.9 Å². The third-order valence-corrected chi connectivity index (χ3v) is 5.32. The molecule has 1 saturated heterocycles. The third kappa shape index (κ3) is 3.73. The summed E-state index contributed by atoms with van der Waals surface area (Å²) in [5.41, 5.74) is 2.09. The lowest BCUT2D eigenvalue weighted by molar-refractivity contribution is 0.602. The summed E-state index contributed by atoms with van der Waals surface area (Å²) in [4.78, 5) is 8.55. The molecular formula is C15H18N4O2S. The van der Waals surface area contributed by atoms with Crippen molar-refractivity contribution in [3.63, 3.8) is 0 Å². The van der Waals surface area contributed by atoms with E-state index in [1.54, 1.807) is 12.3 Å². The summed E-state index contributed by atoms with van der Waals surface area (Å²) in [6.45, 7) is 2.03. The van der Waals surface area contributed by atoms with Crippen molar-refractivity contribution in [1.29, 1.82) is 0 Å².